The van der Waals surface area contributed by atoms with Gasteiger partial charge in [-0.3, -0.25) is 0 Å². The molecule has 2 heteroatoms. The first-order chi connectivity index (χ1) is 6.70. The Balaban J connectivity index is 2.25. The summed E-state index contributed by atoms with van der Waals surface area (Å²) in [5, 5.41) is 0. The van der Waals surface area contributed by atoms with E-state index < -0.39 is 0 Å². The highest BCUT2D eigenvalue weighted by Crippen LogP contribution is 2.30. The summed E-state index contributed by atoms with van der Waals surface area (Å²) in [6, 6.07) is 0. The topological polar surface area (TPSA) is 18.5 Å². The van der Waals surface area contributed by atoms with E-state index in [4.69, 9.17) is 9.47 Å². The molecule has 1 aliphatic heterocycles. The van der Waals surface area contributed by atoms with E-state index in [2.05, 4.69) is 13.8 Å². The van der Waals surface area contributed by atoms with E-state index in [0.29, 0.717) is 6.10 Å². The monoisotopic (exact) mass is 200 g/mol. The minimum absolute atomic E-state index is 0.310. The Bertz CT molecular complexity index is 158. The van der Waals surface area contributed by atoms with Crippen molar-refractivity contribution in [2.45, 2.75) is 70.7 Å². The van der Waals surface area contributed by atoms with Gasteiger partial charge >= 0.3 is 0 Å². The Morgan fingerprint density at radius 2 is 2.21 bits per heavy atom. The van der Waals surface area contributed by atoms with Crippen LogP contribution in [0, 0.1) is 0 Å². The maximum Gasteiger partial charge on any atom is 0.165 e. The highest BCUT2D eigenvalue weighted by molar-refractivity contribution is 4.74. The standard InChI is InChI=1S/C12H24O2/c1-4-5-6-8-11-9-7-10-12(2,13-3)14-11/h11H,4-10H2,1-3H3/t11-,12+/m1/s1. The summed E-state index contributed by atoms with van der Waals surface area (Å²) in [4.78, 5) is 0. The van der Waals surface area contributed by atoms with Gasteiger partial charge in [0.25, 0.3) is 0 Å². The zero-order valence-electron chi connectivity index (χ0n) is 9.84. The molecule has 0 aromatic heterocycles. The Labute approximate surface area is 88.0 Å². The van der Waals surface area contributed by atoms with E-state index in [1.165, 1.54) is 38.5 Å². The van der Waals surface area contributed by atoms with Gasteiger partial charge in [0.2, 0.25) is 0 Å². The van der Waals surface area contributed by atoms with Crippen molar-refractivity contribution in [1.29, 1.82) is 0 Å². The number of methoxy groups -OCH3 is 1. The molecule has 0 amide bonds. The van der Waals surface area contributed by atoms with Crippen LogP contribution in [0.1, 0.15) is 58.8 Å². The van der Waals surface area contributed by atoms with Crippen molar-refractivity contribution < 1.29 is 9.47 Å². The van der Waals surface area contributed by atoms with Crippen molar-refractivity contribution in [2.24, 2.45) is 0 Å². The molecule has 1 saturated heterocycles. The van der Waals surface area contributed by atoms with Gasteiger partial charge in [0.1, 0.15) is 0 Å². The van der Waals surface area contributed by atoms with Crippen LogP contribution in [0.15, 0.2) is 0 Å². The van der Waals surface area contributed by atoms with Gasteiger partial charge in [-0.25, -0.2) is 0 Å². The van der Waals surface area contributed by atoms with Gasteiger partial charge in [-0.2, -0.15) is 0 Å². The second-order valence-electron chi connectivity index (χ2n) is 4.47. The molecule has 0 radical (unpaired) electrons. The molecule has 0 spiro atoms. The third kappa shape index (κ3) is 3.58. The van der Waals surface area contributed by atoms with E-state index in [9.17, 15) is 0 Å². The predicted octanol–water partition coefficient (Wildman–Crippen LogP) is 3.50. The largest absolute Gasteiger partial charge is 0.353 e. The van der Waals surface area contributed by atoms with Gasteiger partial charge in [0.05, 0.1) is 6.10 Å². The zero-order chi connectivity index (χ0) is 10.4. The van der Waals surface area contributed by atoms with Gasteiger partial charge in [-0.1, -0.05) is 26.2 Å². The summed E-state index contributed by atoms with van der Waals surface area (Å²) in [7, 11) is 1.74. The summed E-state index contributed by atoms with van der Waals surface area (Å²) in [6.45, 7) is 4.29. The van der Waals surface area contributed by atoms with Gasteiger partial charge in [-0.05, 0) is 26.2 Å². The normalized spacial score (nSPS) is 33.2. The maximum absolute atomic E-state index is 5.95. The van der Waals surface area contributed by atoms with Crippen LogP contribution in [0.2, 0.25) is 0 Å². The molecule has 84 valence electrons. The molecule has 0 unspecified atom stereocenters. The third-order valence-electron chi connectivity index (χ3n) is 3.13. The van der Waals surface area contributed by atoms with Crippen LogP contribution in [0.5, 0.6) is 0 Å². The number of hydrogen-bond acceptors (Lipinski definition) is 2. The molecule has 1 rings (SSSR count). The van der Waals surface area contributed by atoms with Crippen LogP contribution in [0.3, 0.4) is 0 Å². The molecule has 0 aliphatic carbocycles. The quantitative estimate of drug-likeness (QED) is 0.632. The van der Waals surface area contributed by atoms with Crippen molar-refractivity contribution in [3.8, 4) is 0 Å². The Hall–Kier alpha value is -0.0800. The lowest BCUT2D eigenvalue weighted by Gasteiger charge is -2.37. The molecule has 1 heterocycles. The maximum atomic E-state index is 5.95. The van der Waals surface area contributed by atoms with Crippen molar-refractivity contribution in [2.75, 3.05) is 7.11 Å². The zero-order valence-corrected chi connectivity index (χ0v) is 9.84. The van der Waals surface area contributed by atoms with E-state index >= 15 is 0 Å². The molecule has 0 N–H and O–H groups in total. The third-order valence-corrected chi connectivity index (χ3v) is 3.13. The molecule has 0 saturated carbocycles. The average molecular weight is 200 g/mol. The molecule has 0 aromatic carbocycles. The van der Waals surface area contributed by atoms with Crippen LogP contribution in [0.4, 0.5) is 0 Å². The van der Waals surface area contributed by atoms with Crippen LogP contribution in [-0.2, 0) is 9.47 Å². The predicted molar refractivity (Wildman–Crippen MR) is 58.3 cm³/mol. The van der Waals surface area contributed by atoms with Gasteiger partial charge in [0, 0.05) is 13.5 Å². The van der Waals surface area contributed by atoms with Crippen LogP contribution >= 0.6 is 0 Å². The van der Waals surface area contributed by atoms with Crippen molar-refractivity contribution in [1.82, 2.24) is 0 Å². The van der Waals surface area contributed by atoms with Gasteiger partial charge < -0.3 is 9.47 Å². The summed E-state index contributed by atoms with van der Waals surface area (Å²) in [6.07, 6.45) is 9.02. The van der Waals surface area contributed by atoms with E-state index in [0.717, 1.165) is 6.42 Å². The first-order valence-electron chi connectivity index (χ1n) is 5.93. The average Bonchev–Trinajstić information content (AvgIpc) is 2.19. The SMILES string of the molecule is CCCCC[C@@H]1CCC[C@@](C)(OC)O1. The van der Waals surface area contributed by atoms with Crippen molar-refractivity contribution in [3.63, 3.8) is 0 Å². The highest BCUT2D eigenvalue weighted by Gasteiger charge is 2.32. The summed E-state index contributed by atoms with van der Waals surface area (Å²) in [5.74, 6) is -0.310. The van der Waals surface area contributed by atoms with E-state index in [1.54, 1.807) is 7.11 Å². The number of unbranched alkanes of at least 4 members (excludes halogenated alkanes) is 2. The molecule has 0 bridgehead atoms. The van der Waals surface area contributed by atoms with E-state index in [1.807, 2.05) is 0 Å². The van der Waals surface area contributed by atoms with Crippen LogP contribution in [-0.4, -0.2) is 19.0 Å². The molecular weight excluding hydrogens is 176 g/mol. The lowest BCUT2D eigenvalue weighted by atomic mass is 9.98. The summed E-state index contributed by atoms with van der Waals surface area (Å²) < 4.78 is 11.3. The molecule has 2 atom stereocenters. The van der Waals surface area contributed by atoms with Crippen molar-refractivity contribution in [3.05, 3.63) is 0 Å². The summed E-state index contributed by atoms with van der Waals surface area (Å²) in [5.41, 5.74) is 0. The molecule has 14 heavy (non-hydrogen) atoms. The highest BCUT2D eigenvalue weighted by atomic mass is 16.7. The molecule has 0 aromatic rings. The molecular formula is C12H24O2. The fourth-order valence-electron chi connectivity index (χ4n) is 2.10. The second-order valence-corrected chi connectivity index (χ2v) is 4.47. The number of hydrogen-bond donors (Lipinski definition) is 0. The van der Waals surface area contributed by atoms with Gasteiger partial charge in [0.15, 0.2) is 5.79 Å². The molecule has 1 aliphatic rings. The van der Waals surface area contributed by atoms with Crippen molar-refractivity contribution >= 4 is 0 Å². The minimum Gasteiger partial charge on any atom is -0.353 e. The molecule has 1 fully saturated rings. The number of ether oxygens (including phenoxy) is 2. The van der Waals surface area contributed by atoms with Gasteiger partial charge in [-0.15, -0.1) is 0 Å². The Morgan fingerprint density at radius 3 is 2.86 bits per heavy atom. The van der Waals surface area contributed by atoms with Crippen LogP contribution < -0.4 is 0 Å². The second kappa shape index (κ2) is 5.72. The molecule has 2 nitrogen and oxygen atoms in total. The minimum atomic E-state index is -0.310. The van der Waals surface area contributed by atoms with Crippen LogP contribution in [0.25, 0.3) is 0 Å². The van der Waals surface area contributed by atoms with E-state index in [-0.39, 0.29) is 5.79 Å². The lowest BCUT2D eigenvalue weighted by Crippen LogP contribution is -2.39. The lowest BCUT2D eigenvalue weighted by molar-refractivity contribution is -0.258. The number of rotatable bonds is 5. The fraction of sp³-hybridized carbons (Fsp3) is 1.00. The first kappa shape index (κ1) is 12.0. The smallest absolute Gasteiger partial charge is 0.165 e. The fourth-order valence-corrected chi connectivity index (χ4v) is 2.10. The Morgan fingerprint density at radius 1 is 1.43 bits per heavy atom. The summed E-state index contributed by atoms with van der Waals surface area (Å²) >= 11 is 0. The Kier molecular flexibility index (Phi) is 4.90. The first-order valence-corrected chi connectivity index (χ1v) is 5.93.